The summed E-state index contributed by atoms with van der Waals surface area (Å²) in [7, 11) is 0. The molecule has 4 rings (SSSR count). The van der Waals surface area contributed by atoms with Gasteiger partial charge in [0.15, 0.2) is 0 Å². The molecule has 1 N–H and O–H groups in total. The predicted molar refractivity (Wildman–Crippen MR) is 106 cm³/mol. The van der Waals surface area contributed by atoms with Gasteiger partial charge in [0.1, 0.15) is 10.8 Å². The Labute approximate surface area is 182 Å². The molecule has 32 heavy (non-hydrogen) atoms. The molecule has 0 unspecified atom stereocenters. The van der Waals surface area contributed by atoms with Gasteiger partial charge in [0.05, 0.1) is 11.3 Å². The Morgan fingerprint density at radius 1 is 1.09 bits per heavy atom. The van der Waals surface area contributed by atoms with E-state index < -0.39 is 18.0 Å². The molecule has 3 heterocycles. The van der Waals surface area contributed by atoms with Gasteiger partial charge in [-0.2, -0.15) is 18.2 Å². The molecule has 164 valence electrons. The van der Waals surface area contributed by atoms with Gasteiger partial charge in [-0.25, -0.2) is 9.37 Å². The molecule has 0 bridgehead atoms. The van der Waals surface area contributed by atoms with E-state index in [0.717, 1.165) is 16.3 Å². The van der Waals surface area contributed by atoms with Crippen molar-refractivity contribution in [3.8, 4) is 22.0 Å². The molecular weight excluding hydrogens is 450 g/mol. The number of rotatable bonds is 6. The molecule has 0 saturated carbocycles. The van der Waals surface area contributed by atoms with Gasteiger partial charge in [0.25, 0.3) is 5.91 Å². The zero-order valence-electron chi connectivity index (χ0n) is 16.1. The van der Waals surface area contributed by atoms with Crippen molar-refractivity contribution < 1.29 is 26.9 Å². The number of benzene rings is 1. The molecule has 0 aliphatic rings. The van der Waals surface area contributed by atoms with Gasteiger partial charge in [-0.05, 0) is 30.3 Å². The van der Waals surface area contributed by atoms with Crippen molar-refractivity contribution in [2.45, 2.75) is 12.6 Å². The summed E-state index contributed by atoms with van der Waals surface area (Å²) in [6.45, 7) is 0.274. The van der Waals surface area contributed by atoms with Crippen LogP contribution in [-0.2, 0) is 12.6 Å². The van der Waals surface area contributed by atoms with E-state index in [0.29, 0.717) is 6.42 Å². The molecule has 7 nitrogen and oxygen atoms in total. The van der Waals surface area contributed by atoms with Crippen LogP contribution in [0.3, 0.4) is 0 Å². The van der Waals surface area contributed by atoms with E-state index in [1.807, 2.05) is 5.38 Å². The van der Waals surface area contributed by atoms with Crippen molar-refractivity contribution in [2.24, 2.45) is 0 Å². The molecule has 0 fully saturated rings. The van der Waals surface area contributed by atoms with Crippen LogP contribution in [0.5, 0.6) is 0 Å². The van der Waals surface area contributed by atoms with Gasteiger partial charge >= 0.3 is 12.1 Å². The minimum atomic E-state index is -4.76. The van der Waals surface area contributed by atoms with Crippen LogP contribution in [0.2, 0.25) is 0 Å². The average molecular weight is 463 g/mol. The van der Waals surface area contributed by atoms with Gasteiger partial charge in [-0.1, -0.05) is 5.16 Å². The summed E-state index contributed by atoms with van der Waals surface area (Å²) in [5.74, 6) is -2.60. The molecule has 0 saturated heterocycles. The highest BCUT2D eigenvalue weighted by Gasteiger charge is 2.38. The largest absolute Gasteiger partial charge is 0.471 e. The SMILES string of the molecule is O=C(NCCc1csc(-c2ccc(F)cc2)n1)c1cncc(-c2noc(C(F)(F)F)n2)c1. The van der Waals surface area contributed by atoms with Crippen LogP contribution in [0.25, 0.3) is 22.0 Å². The molecule has 0 spiro atoms. The van der Waals surface area contributed by atoms with Crippen LogP contribution < -0.4 is 5.32 Å². The van der Waals surface area contributed by atoms with E-state index in [1.54, 1.807) is 12.1 Å². The molecule has 0 aliphatic heterocycles. The van der Waals surface area contributed by atoms with Crippen LogP contribution in [-0.4, -0.2) is 32.6 Å². The Bertz CT molecular complexity index is 1240. The van der Waals surface area contributed by atoms with Crippen molar-refractivity contribution >= 4 is 17.2 Å². The molecular formula is C20H13F4N5O2S. The van der Waals surface area contributed by atoms with Crippen LogP contribution in [0.15, 0.2) is 52.6 Å². The smallest absolute Gasteiger partial charge is 0.352 e. The zero-order valence-corrected chi connectivity index (χ0v) is 16.9. The van der Waals surface area contributed by atoms with Crippen LogP contribution in [0.1, 0.15) is 21.9 Å². The summed E-state index contributed by atoms with van der Waals surface area (Å²) in [4.78, 5) is 24.0. The van der Waals surface area contributed by atoms with Gasteiger partial charge in [0.2, 0.25) is 5.82 Å². The van der Waals surface area contributed by atoms with Gasteiger partial charge in [0, 0.05) is 41.9 Å². The number of aromatic nitrogens is 4. The minimum Gasteiger partial charge on any atom is -0.352 e. The number of thiazole rings is 1. The third kappa shape index (κ3) is 4.97. The second-order valence-corrected chi connectivity index (χ2v) is 7.40. The number of pyridine rings is 1. The molecule has 0 aliphatic carbocycles. The molecule has 12 heteroatoms. The highest BCUT2D eigenvalue weighted by molar-refractivity contribution is 7.13. The van der Waals surface area contributed by atoms with Gasteiger partial charge < -0.3 is 9.84 Å². The number of nitrogens with one attached hydrogen (secondary N) is 1. The highest BCUT2D eigenvalue weighted by atomic mass is 32.1. The van der Waals surface area contributed by atoms with E-state index in [-0.39, 0.29) is 29.3 Å². The molecule has 4 aromatic rings. The fourth-order valence-electron chi connectivity index (χ4n) is 2.70. The monoisotopic (exact) mass is 463 g/mol. The highest BCUT2D eigenvalue weighted by Crippen LogP contribution is 2.29. The lowest BCUT2D eigenvalue weighted by Gasteiger charge is -2.04. The van der Waals surface area contributed by atoms with E-state index in [1.165, 1.54) is 41.9 Å². The fraction of sp³-hybridized carbons (Fsp3) is 0.150. The van der Waals surface area contributed by atoms with Crippen molar-refractivity contribution in [1.82, 2.24) is 25.4 Å². The number of hydrogen-bond acceptors (Lipinski definition) is 7. The maximum Gasteiger partial charge on any atom is 0.471 e. The maximum absolute atomic E-state index is 13.0. The quantitative estimate of drug-likeness (QED) is 0.427. The fourth-order valence-corrected chi connectivity index (χ4v) is 3.56. The molecule has 1 amide bonds. The van der Waals surface area contributed by atoms with Crippen molar-refractivity contribution in [2.75, 3.05) is 6.54 Å². The number of amides is 1. The standard InChI is InChI=1S/C20H13F4N5O2S/c21-14-3-1-11(2-4-14)18-27-15(10-32-18)5-6-26-17(30)13-7-12(8-25-9-13)16-28-19(31-29-16)20(22,23)24/h1-4,7-10H,5-6H2,(H,26,30). The van der Waals surface area contributed by atoms with Crippen molar-refractivity contribution in [3.63, 3.8) is 0 Å². The normalized spacial score (nSPS) is 11.5. The van der Waals surface area contributed by atoms with Crippen LogP contribution in [0, 0.1) is 5.82 Å². The van der Waals surface area contributed by atoms with E-state index in [9.17, 15) is 22.4 Å². The van der Waals surface area contributed by atoms with Gasteiger partial charge in [-0.15, -0.1) is 11.3 Å². The first kappa shape index (κ1) is 21.6. The van der Waals surface area contributed by atoms with E-state index >= 15 is 0 Å². The Hall–Kier alpha value is -3.67. The summed E-state index contributed by atoms with van der Waals surface area (Å²) < 4.78 is 55.1. The Balaban J connectivity index is 1.36. The summed E-state index contributed by atoms with van der Waals surface area (Å²) >= 11 is 1.41. The Morgan fingerprint density at radius 2 is 1.88 bits per heavy atom. The minimum absolute atomic E-state index is 0.111. The molecule has 0 radical (unpaired) electrons. The number of carbonyl (C=O) groups excluding carboxylic acids is 1. The Kier molecular flexibility index (Phi) is 5.95. The molecule has 3 aromatic heterocycles. The lowest BCUT2D eigenvalue weighted by Crippen LogP contribution is -2.25. The predicted octanol–water partition coefficient (Wildman–Crippen LogP) is 4.39. The van der Waals surface area contributed by atoms with Crippen molar-refractivity contribution in [1.29, 1.82) is 0 Å². The van der Waals surface area contributed by atoms with Crippen molar-refractivity contribution in [3.05, 3.63) is 71.1 Å². The number of carbonyl (C=O) groups is 1. The summed E-state index contributed by atoms with van der Waals surface area (Å²) in [5, 5.41) is 8.57. The number of halogens is 4. The van der Waals surface area contributed by atoms with Crippen LogP contribution in [0.4, 0.5) is 17.6 Å². The lowest BCUT2D eigenvalue weighted by molar-refractivity contribution is -0.159. The lowest BCUT2D eigenvalue weighted by atomic mass is 10.2. The molecule has 0 atom stereocenters. The van der Waals surface area contributed by atoms with E-state index in [2.05, 4.69) is 29.9 Å². The Morgan fingerprint density at radius 3 is 2.59 bits per heavy atom. The third-order valence-corrected chi connectivity index (χ3v) is 5.18. The van der Waals surface area contributed by atoms with Crippen LogP contribution >= 0.6 is 11.3 Å². The molecule has 1 aromatic carbocycles. The number of nitrogens with zero attached hydrogens (tertiary/aromatic N) is 4. The second kappa shape index (κ2) is 8.83. The summed E-state index contributed by atoms with van der Waals surface area (Å²) in [6.07, 6.45) is -1.80. The summed E-state index contributed by atoms with van der Waals surface area (Å²) in [5.41, 5.74) is 1.80. The number of hydrogen-bond donors (Lipinski definition) is 1. The maximum atomic E-state index is 13.0. The van der Waals surface area contributed by atoms with Gasteiger partial charge in [-0.3, -0.25) is 9.78 Å². The first-order valence-corrected chi connectivity index (χ1v) is 10.0. The average Bonchev–Trinajstić information content (AvgIpc) is 3.44. The van der Waals surface area contributed by atoms with E-state index in [4.69, 9.17) is 0 Å². The first-order chi connectivity index (χ1) is 15.3. The third-order valence-electron chi connectivity index (χ3n) is 4.24. The first-order valence-electron chi connectivity index (χ1n) is 9.14. The second-order valence-electron chi connectivity index (χ2n) is 6.54. The zero-order chi connectivity index (χ0) is 22.7. The topological polar surface area (TPSA) is 93.8 Å². The number of alkyl halides is 3. The summed E-state index contributed by atoms with van der Waals surface area (Å²) in [6, 6.07) is 7.32.